The van der Waals surface area contributed by atoms with E-state index in [1.54, 1.807) is 0 Å². The van der Waals surface area contributed by atoms with Crippen LogP contribution in [0.3, 0.4) is 0 Å². The molecule has 180 valence electrons. The zero-order chi connectivity index (χ0) is 24.3. The average molecular weight is 470 g/mol. The predicted octanol–water partition coefficient (Wildman–Crippen LogP) is 5.18. The minimum atomic E-state index is -0.591. The molecular weight excluding hydrogens is 436 g/mol. The number of nitrogens with one attached hydrogen (secondary N) is 1. The molecule has 35 heavy (non-hydrogen) atoms. The largest absolute Gasteiger partial charge is 0.454 e. The quantitative estimate of drug-likeness (QED) is 0.280. The van der Waals surface area contributed by atoms with Gasteiger partial charge in [0.25, 0.3) is 0 Å². The SMILES string of the molecule is Cc1ccccc1NC(C(=O)O[C@H]1C[N+]2(CC(=O)c3ccccc3)CCC1CC2)c1ccccc1. The van der Waals surface area contributed by atoms with Crippen molar-refractivity contribution in [3.63, 3.8) is 0 Å². The van der Waals surface area contributed by atoms with Crippen molar-refractivity contribution in [2.45, 2.75) is 31.9 Å². The third-order valence-corrected chi connectivity index (χ3v) is 7.70. The number of anilines is 1. The molecule has 3 aliphatic rings. The maximum atomic E-state index is 13.6. The van der Waals surface area contributed by atoms with Gasteiger partial charge in [-0.1, -0.05) is 78.9 Å². The fourth-order valence-electron chi connectivity index (χ4n) is 5.63. The van der Waals surface area contributed by atoms with Gasteiger partial charge in [0.05, 0.1) is 13.1 Å². The van der Waals surface area contributed by atoms with Crippen molar-refractivity contribution < 1.29 is 18.8 Å². The number of nitrogens with zero attached hydrogens (tertiary/aromatic N) is 1. The molecule has 0 aliphatic carbocycles. The number of esters is 1. The van der Waals surface area contributed by atoms with Crippen LogP contribution in [0.2, 0.25) is 0 Å². The number of ether oxygens (including phenoxy) is 1. The van der Waals surface area contributed by atoms with E-state index < -0.39 is 6.04 Å². The highest BCUT2D eigenvalue weighted by Gasteiger charge is 2.49. The summed E-state index contributed by atoms with van der Waals surface area (Å²) < 4.78 is 6.95. The number of carbonyl (C=O) groups is 2. The van der Waals surface area contributed by atoms with Gasteiger partial charge in [-0.15, -0.1) is 0 Å². The molecule has 0 aromatic heterocycles. The van der Waals surface area contributed by atoms with Gasteiger partial charge in [0, 0.05) is 30.0 Å². The molecule has 6 rings (SSSR count). The molecule has 3 aliphatic heterocycles. The zero-order valence-corrected chi connectivity index (χ0v) is 20.2. The molecule has 1 unspecified atom stereocenters. The highest BCUT2D eigenvalue weighted by molar-refractivity contribution is 5.97. The number of Topliss-reactive ketones (excluding diaryl/α,β-unsaturated/α-hetero) is 1. The van der Waals surface area contributed by atoms with Gasteiger partial charge >= 0.3 is 5.97 Å². The number of benzene rings is 3. The number of piperidine rings is 3. The third kappa shape index (κ3) is 5.15. The number of carbonyl (C=O) groups excluding carboxylic acids is 2. The van der Waals surface area contributed by atoms with Crippen LogP contribution in [0.25, 0.3) is 0 Å². The van der Waals surface area contributed by atoms with Crippen molar-refractivity contribution in [1.29, 1.82) is 0 Å². The Balaban J connectivity index is 1.32. The summed E-state index contributed by atoms with van der Waals surface area (Å²) in [5.41, 5.74) is 3.63. The predicted molar refractivity (Wildman–Crippen MR) is 137 cm³/mol. The molecule has 3 aromatic rings. The maximum Gasteiger partial charge on any atom is 0.333 e. The number of ketones is 1. The first-order chi connectivity index (χ1) is 17.0. The number of fused-ring (bicyclic) bond motifs is 3. The van der Waals surface area contributed by atoms with Crippen molar-refractivity contribution in [2.24, 2.45) is 5.92 Å². The lowest BCUT2D eigenvalue weighted by Gasteiger charge is -2.51. The standard InChI is InChI=1S/C30H33N2O3/c1-22-10-8-9-15-26(22)31-29(25-13-6-3-7-14-25)30(34)35-28-21-32(18-16-24(28)17-19-32)20-27(33)23-11-4-2-5-12-23/h2-15,24,28-29,31H,16-21H2,1H3/q+1/t24?,28-,29?,32?/m0/s1. The summed E-state index contributed by atoms with van der Waals surface area (Å²) in [5, 5.41) is 3.43. The third-order valence-electron chi connectivity index (χ3n) is 7.70. The smallest absolute Gasteiger partial charge is 0.333 e. The summed E-state index contributed by atoms with van der Waals surface area (Å²) in [5.74, 6) is 0.269. The summed E-state index contributed by atoms with van der Waals surface area (Å²) >= 11 is 0. The van der Waals surface area contributed by atoms with Crippen LogP contribution in [0.4, 0.5) is 5.69 Å². The van der Waals surface area contributed by atoms with E-state index in [0.29, 0.717) is 23.5 Å². The highest BCUT2D eigenvalue weighted by atomic mass is 16.5. The summed E-state index contributed by atoms with van der Waals surface area (Å²) in [6, 6.07) is 26.7. The normalized spacial score (nSPS) is 23.9. The van der Waals surface area contributed by atoms with Crippen molar-refractivity contribution in [3.05, 3.63) is 102 Å². The molecule has 3 saturated heterocycles. The Labute approximate surface area is 207 Å². The molecule has 3 fully saturated rings. The summed E-state index contributed by atoms with van der Waals surface area (Å²) in [6.45, 7) is 5.15. The molecule has 0 amide bonds. The van der Waals surface area contributed by atoms with E-state index in [-0.39, 0.29) is 17.9 Å². The van der Waals surface area contributed by atoms with Gasteiger partial charge in [0.15, 0.2) is 12.1 Å². The molecule has 5 heteroatoms. The fraction of sp³-hybridized carbons (Fsp3) is 0.333. The number of quaternary nitrogens is 1. The minimum absolute atomic E-state index is 0.166. The molecule has 0 radical (unpaired) electrons. The van der Waals surface area contributed by atoms with Crippen LogP contribution in [0.5, 0.6) is 0 Å². The Hall–Kier alpha value is -3.44. The van der Waals surface area contributed by atoms with Gasteiger partial charge in [-0.05, 0) is 24.1 Å². The lowest BCUT2D eigenvalue weighted by molar-refractivity contribution is -0.938. The van der Waals surface area contributed by atoms with Crippen molar-refractivity contribution in [3.8, 4) is 0 Å². The Morgan fingerprint density at radius 1 is 0.914 bits per heavy atom. The van der Waals surface area contributed by atoms with Crippen LogP contribution in [0.1, 0.15) is 40.4 Å². The van der Waals surface area contributed by atoms with Gasteiger partial charge in [0.1, 0.15) is 13.1 Å². The van der Waals surface area contributed by atoms with Crippen LogP contribution in [-0.2, 0) is 9.53 Å². The Morgan fingerprint density at radius 3 is 2.23 bits per heavy atom. The fourth-order valence-corrected chi connectivity index (χ4v) is 5.63. The number of hydrogen-bond donors (Lipinski definition) is 1. The second kappa shape index (κ2) is 10.0. The first-order valence-corrected chi connectivity index (χ1v) is 12.5. The van der Waals surface area contributed by atoms with E-state index in [2.05, 4.69) is 5.32 Å². The lowest BCUT2D eigenvalue weighted by Crippen LogP contribution is -2.65. The molecule has 5 nitrogen and oxygen atoms in total. The van der Waals surface area contributed by atoms with Crippen LogP contribution in [0.15, 0.2) is 84.9 Å². The van der Waals surface area contributed by atoms with Crippen molar-refractivity contribution in [1.82, 2.24) is 0 Å². The molecule has 3 aromatic carbocycles. The Kier molecular flexibility index (Phi) is 6.69. The number of hydrogen-bond acceptors (Lipinski definition) is 4. The highest BCUT2D eigenvalue weighted by Crippen LogP contribution is 2.37. The van der Waals surface area contributed by atoms with E-state index >= 15 is 0 Å². The van der Waals surface area contributed by atoms with Gasteiger partial charge in [-0.3, -0.25) is 4.79 Å². The van der Waals surface area contributed by atoms with E-state index in [9.17, 15) is 9.59 Å². The first-order valence-electron chi connectivity index (χ1n) is 12.5. The monoisotopic (exact) mass is 469 g/mol. The molecule has 2 atom stereocenters. The van der Waals surface area contributed by atoms with Crippen molar-refractivity contribution in [2.75, 3.05) is 31.5 Å². The van der Waals surface area contributed by atoms with Gasteiger partial charge in [-0.25, -0.2) is 4.79 Å². The number of para-hydroxylation sites is 1. The number of rotatable bonds is 8. The summed E-state index contributed by atoms with van der Waals surface area (Å²) in [6.07, 6.45) is 1.81. The van der Waals surface area contributed by atoms with E-state index in [1.165, 1.54) is 0 Å². The summed E-state index contributed by atoms with van der Waals surface area (Å²) in [7, 11) is 0. The Morgan fingerprint density at radius 2 is 1.54 bits per heavy atom. The van der Waals surface area contributed by atoms with E-state index in [4.69, 9.17) is 4.74 Å². The number of aryl methyl sites for hydroxylation is 1. The average Bonchev–Trinajstić information content (AvgIpc) is 2.89. The van der Waals surface area contributed by atoms with Crippen LogP contribution < -0.4 is 5.32 Å². The topological polar surface area (TPSA) is 55.4 Å². The van der Waals surface area contributed by atoms with E-state index in [1.807, 2.05) is 91.9 Å². The molecule has 1 N–H and O–H groups in total. The van der Waals surface area contributed by atoms with Crippen molar-refractivity contribution >= 4 is 17.4 Å². The second-order valence-electron chi connectivity index (χ2n) is 10.0. The van der Waals surface area contributed by atoms with Crippen LogP contribution >= 0.6 is 0 Å². The van der Waals surface area contributed by atoms with Crippen LogP contribution in [-0.4, -0.2) is 48.5 Å². The molecular formula is C30H33N2O3+. The summed E-state index contributed by atoms with van der Waals surface area (Å²) in [4.78, 5) is 26.6. The molecule has 0 spiro atoms. The van der Waals surface area contributed by atoms with Gasteiger partial charge in [0.2, 0.25) is 5.78 Å². The molecule has 3 heterocycles. The maximum absolute atomic E-state index is 13.6. The lowest BCUT2D eigenvalue weighted by atomic mass is 9.82. The Bertz CT molecular complexity index is 1170. The second-order valence-corrected chi connectivity index (χ2v) is 10.0. The zero-order valence-electron chi connectivity index (χ0n) is 20.2. The first kappa shape index (κ1) is 23.3. The van der Waals surface area contributed by atoms with E-state index in [0.717, 1.165) is 48.3 Å². The van der Waals surface area contributed by atoms with Gasteiger partial charge in [-0.2, -0.15) is 0 Å². The molecule has 2 bridgehead atoms. The van der Waals surface area contributed by atoms with Crippen LogP contribution in [0, 0.1) is 12.8 Å². The van der Waals surface area contributed by atoms with Gasteiger partial charge < -0.3 is 14.5 Å². The minimum Gasteiger partial charge on any atom is -0.454 e. The molecule has 0 saturated carbocycles.